The third-order valence-electron chi connectivity index (χ3n) is 6.72. The molecule has 3 aromatic rings. The molecule has 1 aromatic carbocycles. The van der Waals surface area contributed by atoms with Gasteiger partial charge < -0.3 is 30.6 Å². The fourth-order valence-electron chi connectivity index (χ4n) is 4.67. The van der Waals surface area contributed by atoms with Crippen LogP contribution >= 0.6 is 0 Å². The van der Waals surface area contributed by atoms with E-state index in [4.69, 9.17) is 4.74 Å². The number of H-pyrrole nitrogens is 1. The van der Waals surface area contributed by atoms with Crippen LogP contribution in [0.4, 0.5) is 37.2 Å². The molecular weight excluding hydrogens is 496 g/mol. The Labute approximate surface area is 218 Å². The second-order valence-corrected chi connectivity index (χ2v) is 9.11. The lowest BCUT2D eigenvalue weighted by Crippen LogP contribution is -2.47. The molecule has 0 saturated carbocycles. The quantitative estimate of drug-likeness (QED) is 0.372. The fourth-order valence-corrected chi connectivity index (χ4v) is 4.67. The number of rotatable bonds is 7. The van der Waals surface area contributed by atoms with Crippen molar-refractivity contribution >= 4 is 34.3 Å². The number of hydrogen-bond donors (Lipinski definition) is 4. The van der Waals surface area contributed by atoms with Crippen molar-refractivity contribution < 1.29 is 18.3 Å². The SMILES string of the molecule is Cc1c(Nc2cc[nH]c(=O)c2C(=O)Nc2ccc(N3CCN(CCF)CC3)c(F)c2)cnc2c1NCCO2. The van der Waals surface area contributed by atoms with Crippen LogP contribution in [-0.4, -0.2) is 73.3 Å². The zero-order valence-corrected chi connectivity index (χ0v) is 20.9. The molecule has 1 fully saturated rings. The van der Waals surface area contributed by atoms with Gasteiger partial charge in [0.25, 0.3) is 11.5 Å². The summed E-state index contributed by atoms with van der Waals surface area (Å²) in [6.45, 7) is 5.47. The number of piperazine rings is 1. The molecule has 0 unspecified atom stereocenters. The molecule has 0 atom stereocenters. The Balaban J connectivity index is 1.33. The van der Waals surface area contributed by atoms with Gasteiger partial charge in [-0.25, -0.2) is 13.8 Å². The van der Waals surface area contributed by atoms with Gasteiger partial charge in [-0.15, -0.1) is 0 Å². The summed E-state index contributed by atoms with van der Waals surface area (Å²) in [6.07, 6.45) is 3.02. The van der Waals surface area contributed by atoms with Gasteiger partial charge >= 0.3 is 0 Å². The first-order valence-corrected chi connectivity index (χ1v) is 12.4. The molecule has 2 aromatic heterocycles. The first-order valence-electron chi connectivity index (χ1n) is 12.4. The van der Waals surface area contributed by atoms with E-state index in [1.165, 1.54) is 12.3 Å². The summed E-state index contributed by atoms with van der Waals surface area (Å²) < 4.78 is 33.1. The normalized spacial score (nSPS) is 15.3. The van der Waals surface area contributed by atoms with Crippen molar-refractivity contribution in [1.82, 2.24) is 14.9 Å². The number of nitrogens with zero attached hydrogens (tertiary/aromatic N) is 3. The predicted molar refractivity (Wildman–Crippen MR) is 142 cm³/mol. The molecule has 2 aliphatic heterocycles. The molecule has 10 nitrogen and oxygen atoms in total. The number of pyridine rings is 2. The van der Waals surface area contributed by atoms with Gasteiger partial charge in [0, 0.05) is 56.7 Å². The summed E-state index contributed by atoms with van der Waals surface area (Å²) in [5.74, 6) is -0.686. The summed E-state index contributed by atoms with van der Waals surface area (Å²) >= 11 is 0. The van der Waals surface area contributed by atoms with Gasteiger partial charge in [-0.1, -0.05) is 0 Å². The third-order valence-corrected chi connectivity index (χ3v) is 6.72. The number of fused-ring (bicyclic) bond motifs is 1. The average Bonchev–Trinajstić information content (AvgIpc) is 2.91. The molecule has 0 spiro atoms. The number of anilines is 5. The van der Waals surface area contributed by atoms with E-state index in [-0.39, 0.29) is 16.9 Å². The van der Waals surface area contributed by atoms with E-state index in [1.54, 1.807) is 24.4 Å². The zero-order chi connectivity index (χ0) is 26.6. The Bertz CT molecular complexity index is 1390. The van der Waals surface area contributed by atoms with Gasteiger partial charge in [-0.2, -0.15) is 0 Å². The average molecular weight is 526 g/mol. The Hall–Kier alpha value is -4.19. The highest BCUT2D eigenvalue weighted by Gasteiger charge is 2.22. The summed E-state index contributed by atoms with van der Waals surface area (Å²) in [4.78, 5) is 36.6. The summed E-state index contributed by atoms with van der Waals surface area (Å²) in [5, 5.41) is 9.01. The molecule has 38 heavy (non-hydrogen) atoms. The molecule has 4 heterocycles. The molecule has 12 heteroatoms. The van der Waals surface area contributed by atoms with Crippen LogP contribution in [0.25, 0.3) is 0 Å². The minimum absolute atomic E-state index is 0.151. The van der Waals surface area contributed by atoms with Crippen molar-refractivity contribution in [2.45, 2.75) is 6.92 Å². The van der Waals surface area contributed by atoms with Crippen LogP contribution in [0.5, 0.6) is 5.88 Å². The standard InChI is InChI=1S/C26H29F2N7O3/c1-16-20(15-31-26-23(16)29-7-13-38-26)33-19-4-6-30-24(36)22(19)25(37)32-17-2-3-21(18(28)14-17)35-11-9-34(8-5-27)10-12-35/h2-4,6,14-15,29H,5,7-13H2,1H3,(H,32,37)(H2,30,33,36). The first-order chi connectivity index (χ1) is 18.4. The van der Waals surface area contributed by atoms with Crippen LogP contribution in [-0.2, 0) is 0 Å². The van der Waals surface area contributed by atoms with Gasteiger partial charge in [0.05, 0.1) is 23.3 Å². The van der Waals surface area contributed by atoms with Gasteiger partial charge in [0.1, 0.15) is 30.3 Å². The number of nitrogens with one attached hydrogen (secondary N) is 4. The molecule has 200 valence electrons. The van der Waals surface area contributed by atoms with Crippen molar-refractivity contribution in [3.8, 4) is 5.88 Å². The molecular formula is C26H29F2N7O3. The maximum Gasteiger partial charge on any atom is 0.263 e. The number of aromatic amines is 1. The monoisotopic (exact) mass is 525 g/mol. The highest BCUT2D eigenvalue weighted by molar-refractivity contribution is 6.08. The van der Waals surface area contributed by atoms with E-state index < -0.39 is 24.0 Å². The number of benzene rings is 1. The number of carbonyl (C=O) groups is 1. The Morgan fingerprint density at radius 2 is 2.00 bits per heavy atom. The van der Waals surface area contributed by atoms with Crippen LogP contribution < -0.4 is 31.1 Å². The number of carbonyl (C=O) groups excluding carboxylic acids is 1. The van der Waals surface area contributed by atoms with E-state index in [1.807, 2.05) is 16.7 Å². The van der Waals surface area contributed by atoms with Crippen LogP contribution in [0, 0.1) is 12.7 Å². The van der Waals surface area contributed by atoms with Gasteiger partial charge in [-0.3, -0.25) is 14.5 Å². The second kappa shape index (κ2) is 11.1. The van der Waals surface area contributed by atoms with Crippen molar-refractivity contribution in [3.63, 3.8) is 0 Å². The van der Waals surface area contributed by atoms with E-state index in [0.717, 1.165) is 11.3 Å². The smallest absolute Gasteiger partial charge is 0.263 e. The summed E-state index contributed by atoms with van der Waals surface area (Å²) in [6, 6.07) is 6.00. The highest BCUT2D eigenvalue weighted by Crippen LogP contribution is 2.34. The molecule has 5 rings (SSSR count). The minimum Gasteiger partial charge on any atom is -0.474 e. The zero-order valence-electron chi connectivity index (χ0n) is 20.9. The number of hydrogen-bond acceptors (Lipinski definition) is 8. The summed E-state index contributed by atoms with van der Waals surface area (Å²) in [7, 11) is 0. The van der Waals surface area contributed by atoms with Crippen molar-refractivity contribution in [3.05, 3.63) is 64.0 Å². The number of aromatic nitrogens is 2. The lowest BCUT2D eigenvalue weighted by Gasteiger charge is -2.35. The molecule has 0 bridgehead atoms. The predicted octanol–water partition coefficient (Wildman–Crippen LogP) is 3.11. The molecule has 2 aliphatic rings. The van der Waals surface area contributed by atoms with Crippen LogP contribution in [0.1, 0.15) is 15.9 Å². The largest absolute Gasteiger partial charge is 0.474 e. The molecule has 1 amide bonds. The summed E-state index contributed by atoms with van der Waals surface area (Å²) in [5.41, 5.74) is 2.33. The Morgan fingerprint density at radius 3 is 2.76 bits per heavy atom. The number of ether oxygens (including phenoxy) is 1. The van der Waals surface area contributed by atoms with Gasteiger partial charge in [0.2, 0.25) is 5.88 Å². The maximum atomic E-state index is 15.0. The maximum absolute atomic E-state index is 15.0. The van der Waals surface area contributed by atoms with Crippen molar-refractivity contribution in [1.29, 1.82) is 0 Å². The fraction of sp³-hybridized carbons (Fsp3) is 0.346. The van der Waals surface area contributed by atoms with Gasteiger partial charge in [-0.05, 0) is 31.2 Å². The molecule has 0 aliphatic carbocycles. The topological polar surface area (TPSA) is 115 Å². The van der Waals surface area contributed by atoms with Gasteiger partial charge in [0.15, 0.2) is 0 Å². The number of amides is 1. The number of halogens is 2. The third kappa shape index (κ3) is 5.25. The van der Waals surface area contributed by atoms with E-state index >= 15 is 0 Å². The van der Waals surface area contributed by atoms with E-state index in [9.17, 15) is 18.4 Å². The molecule has 4 N–H and O–H groups in total. The lowest BCUT2D eigenvalue weighted by atomic mass is 10.1. The van der Waals surface area contributed by atoms with Crippen molar-refractivity contribution in [2.24, 2.45) is 0 Å². The van der Waals surface area contributed by atoms with Crippen molar-refractivity contribution in [2.75, 3.05) is 73.4 Å². The molecule has 0 radical (unpaired) electrons. The van der Waals surface area contributed by atoms with Crippen LogP contribution in [0.15, 0.2) is 41.5 Å². The number of alkyl halides is 1. The minimum atomic E-state index is -0.689. The Morgan fingerprint density at radius 1 is 1.18 bits per heavy atom. The highest BCUT2D eigenvalue weighted by atomic mass is 19.1. The molecule has 1 saturated heterocycles. The van der Waals surface area contributed by atoms with E-state index in [2.05, 4.69) is 25.9 Å². The Kier molecular flexibility index (Phi) is 7.40. The van der Waals surface area contributed by atoms with E-state index in [0.29, 0.717) is 63.1 Å². The second-order valence-electron chi connectivity index (χ2n) is 9.11. The lowest BCUT2D eigenvalue weighted by molar-refractivity contribution is 0.102. The van der Waals surface area contributed by atoms with Crippen LogP contribution in [0.2, 0.25) is 0 Å². The van der Waals surface area contributed by atoms with Crippen LogP contribution in [0.3, 0.4) is 0 Å². The first kappa shape index (κ1) is 25.5.